The van der Waals surface area contributed by atoms with Gasteiger partial charge in [-0.2, -0.15) is 0 Å². The molecule has 0 amide bonds. The van der Waals surface area contributed by atoms with Crippen molar-refractivity contribution in [3.8, 4) is 0 Å². The molecule has 0 aliphatic rings. The number of nitrogens with two attached hydrogens (primary N) is 2. The summed E-state index contributed by atoms with van der Waals surface area (Å²) in [6, 6.07) is 0. The highest BCUT2D eigenvalue weighted by molar-refractivity contribution is 6.62. The van der Waals surface area contributed by atoms with Gasteiger partial charge in [-0.05, 0) is 27.2 Å². The minimum atomic E-state index is -2.90. The van der Waals surface area contributed by atoms with Gasteiger partial charge >= 0.3 is 8.80 Å². The van der Waals surface area contributed by atoms with Crippen LogP contribution in [0.25, 0.3) is 0 Å². The van der Waals surface area contributed by atoms with Crippen molar-refractivity contribution in [1.82, 2.24) is 0 Å². The molecule has 0 aliphatic heterocycles. The monoisotopic (exact) mass is 236 g/mol. The van der Waals surface area contributed by atoms with Gasteiger partial charge in [0.05, 0.1) is 0 Å². The molecule has 0 fully saturated rings. The first-order valence-electron chi connectivity index (χ1n) is 5.49. The third kappa shape index (κ3) is 4.58. The van der Waals surface area contributed by atoms with E-state index in [-0.39, 0.29) is 6.10 Å². The molecule has 92 valence electrons. The SMILES string of the molecule is CCO[Si](OCC)(OC(C)CC)C(N)N. The molecule has 1 atom stereocenters. The molecule has 0 bridgehead atoms. The Hall–Kier alpha value is 0.0169. The molecule has 15 heavy (non-hydrogen) atoms. The molecule has 0 aromatic heterocycles. The zero-order valence-electron chi connectivity index (χ0n) is 10.2. The molecule has 0 saturated carbocycles. The summed E-state index contributed by atoms with van der Waals surface area (Å²) in [6.45, 7) is 8.74. The smallest absolute Gasteiger partial charge is 0.372 e. The Kier molecular flexibility index (Phi) is 7.32. The summed E-state index contributed by atoms with van der Waals surface area (Å²) in [7, 11) is -2.90. The van der Waals surface area contributed by atoms with Crippen LogP contribution in [-0.4, -0.2) is 33.9 Å². The second-order valence-electron chi connectivity index (χ2n) is 3.33. The van der Waals surface area contributed by atoms with E-state index >= 15 is 0 Å². The molecule has 1 unspecified atom stereocenters. The van der Waals surface area contributed by atoms with E-state index in [1.165, 1.54) is 0 Å². The fourth-order valence-electron chi connectivity index (χ4n) is 1.15. The van der Waals surface area contributed by atoms with Crippen LogP contribution in [-0.2, 0) is 13.3 Å². The molecule has 0 radical (unpaired) electrons. The zero-order valence-corrected chi connectivity index (χ0v) is 11.2. The molecule has 0 aromatic carbocycles. The Morgan fingerprint density at radius 2 is 1.53 bits per heavy atom. The van der Waals surface area contributed by atoms with Gasteiger partial charge in [-0.1, -0.05) is 6.92 Å². The maximum absolute atomic E-state index is 5.77. The summed E-state index contributed by atoms with van der Waals surface area (Å²) >= 11 is 0. The molecule has 0 aliphatic carbocycles. The average Bonchev–Trinajstić information content (AvgIpc) is 2.18. The van der Waals surface area contributed by atoms with Gasteiger partial charge in [0.15, 0.2) is 0 Å². The zero-order chi connectivity index (χ0) is 11.9. The topological polar surface area (TPSA) is 79.7 Å². The molecule has 0 rings (SSSR count). The lowest BCUT2D eigenvalue weighted by Gasteiger charge is -2.33. The highest BCUT2D eigenvalue weighted by atomic mass is 28.4. The third-order valence-corrected chi connectivity index (χ3v) is 4.97. The molecule has 4 N–H and O–H groups in total. The van der Waals surface area contributed by atoms with Crippen molar-refractivity contribution in [3.05, 3.63) is 0 Å². The molecule has 5 nitrogen and oxygen atoms in total. The molecular weight excluding hydrogens is 212 g/mol. The van der Waals surface area contributed by atoms with E-state index < -0.39 is 14.6 Å². The number of hydrogen-bond donors (Lipinski definition) is 2. The van der Waals surface area contributed by atoms with E-state index in [1.807, 2.05) is 27.7 Å². The average molecular weight is 236 g/mol. The first-order valence-corrected chi connectivity index (χ1v) is 7.29. The van der Waals surface area contributed by atoms with E-state index in [4.69, 9.17) is 24.7 Å². The predicted molar refractivity (Wildman–Crippen MR) is 62.0 cm³/mol. The van der Waals surface area contributed by atoms with Crippen LogP contribution >= 0.6 is 0 Å². The van der Waals surface area contributed by atoms with Crippen LogP contribution in [0.4, 0.5) is 0 Å². The van der Waals surface area contributed by atoms with Gasteiger partial charge < -0.3 is 24.7 Å². The van der Waals surface area contributed by atoms with Crippen molar-refractivity contribution in [3.63, 3.8) is 0 Å². The van der Waals surface area contributed by atoms with Gasteiger partial charge in [0, 0.05) is 19.3 Å². The second kappa shape index (κ2) is 7.32. The Morgan fingerprint density at radius 3 is 1.80 bits per heavy atom. The molecular formula is C9H24N2O3Si. The van der Waals surface area contributed by atoms with Crippen LogP contribution in [0.2, 0.25) is 0 Å². The van der Waals surface area contributed by atoms with Gasteiger partial charge in [0.1, 0.15) is 5.79 Å². The minimum absolute atomic E-state index is 0.0457. The Balaban J connectivity index is 4.60. The van der Waals surface area contributed by atoms with E-state index in [2.05, 4.69) is 0 Å². The van der Waals surface area contributed by atoms with E-state index in [9.17, 15) is 0 Å². The van der Waals surface area contributed by atoms with Crippen molar-refractivity contribution >= 4 is 8.80 Å². The van der Waals surface area contributed by atoms with Crippen molar-refractivity contribution in [2.75, 3.05) is 13.2 Å². The largest absolute Gasteiger partial charge is 0.533 e. The highest BCUT2D eigenvalue weighted by Gasteiger charge is 2.47. The first-order chi connectivity index (χ1) is 7.02. The predicted octanol–water partition coefficient (Wildman–Crippen LogP) is 0.596. The van der Waals surface area contributed by atoms with Crippen molar-refractivity contribution in [2.24, 2.45) is 11.5 Å². The Bertz CT molecular complexity index is 163. The summed E-state index contributed by atoms with van der Waals surface area (Å²) in [5, 5.41) is 0. The highest BCUT2D eigenvalue weighted by Crippen LogP contribution is 2.15. The van der Waals surface area contributed by atoms with E-state index in [0.717, 1.165) is 6.42 Å². The fraction of sp³-hybridized carbons (Fsp3) is 1.00. The van der Waals surface area contributed by atoms with Gasteiger partial charge in [0.25, 0.3) is 0 Å². The van der Waals surface area contributed by atoms with Crippen molar-refractivity contribution in [2.45, 2.75) is 46.0 Å². The third-order valence-electron chi connectivity index (χ3n) is 2.04. The number of hydrogen-bond acceptors (Lipinski definition) is 5. The maximum atomic E-state index is 5.77. The fourth-order valence-corrected chi connectivity index (χ4v) is 3.44. The normalized spacial score (nSPS) is 14.6. The maximum Gasteiger partial charge on any atom is 0.533 e. The molecule has 0 aromatic rings. The van der Waals surface area contributed by atoms with Gasteiger partial charge in [-0.3, -0.25) is 0 Å². The van der Waals surface area contributed by atoms with Gasteiger partial charge in [-0.15, -0.1) is 0 Å². The summed E-state index contributed by atoms with van der Waals surface area (Å²) in [5.74, 6) is -0.689. The molecule has 0 spiro atoms. The Labute approximate surface area is 93.4 Å². The lowest BCUT2D eigenvalue weighted by Crippen LogP contribution is -2.65. The summed E-state index contributed by atoms with van der Waals surface area (Å²) in [5.41, 5.74) is 11.4. The molecule has 0 saturated heterocycles. The Morgan fingerprint density at radius 1 is 1.07 bits per heavy atom. The van der Waals surface area contributed by atoms with Crippen LogP contribution in [0, 0.1) is 0 Å². The summed E-state index contributed by atoms with van der Waals surface area (Å²) < 4.78 is 16.9. The summed E-state index contributed by atoms with van der Waals surface area (Å²) in [6.07, 6.45) is 0.922. The lowest BCUT2D eigenvalue weighted by molar-refractivity contribution is 0.0298. The number of rotatable bonds is 8. The van der Waals surface area contributed by atoms with Gasteiger partial charge in [0.2, 0.25) is 0 Å². The molecule has 0 heterocycles. The van der Waals surface area contributed by atoms with E-state index in [1.54, 1.807) is 0 Å². The molecule has 6 heteroatoms. The first kappa shape index (κ1) is 15.0. The van der Waals surface area contributed by atoms with Crippen LogP contribution in [0.3, 0.4) is 0 Å². The minimum Gasteiger partial charge on any atom is -0.372 e. The van der Waals surface area contributed by atoms with Crippen molar-refractivity contribution < 1.29 is 13.3 Å². The van der Waals surface area contributed by atoms with Crippen LogP contribution < -0.4 is 11.5 Å². The lowest BCUT2D eigenvalue weighted by atomic mass is 10.3. The quantitative estimate of drug-likeness (QED) is 0.476. The van der Waals surface area contributed by atoms with Crippen LogP contribution in [0.1, 0.15) is 34.1 Å². The van der Waals surface area contributed by atoms with Crippen molar-refractivity contribution in [1.29, 1.82) is 0 Å². The van der Waals surface area contributed by atoms with Crippen LogP contribution in [0.5, 0.6) is 0 Å². The van der Waals surface area contributed by atoms with Crippen LogP contribution in [0.15, 0.2) is 0 Å². The van der Waals surface area contributed by atoms with E-state index in [0.29, 0.717) is 13.2 Å². The van der Waals surface area contributed by atoms with Gasteiger partial charge in [-0.25, -0.2) is 0 Å². The summed E-state index contributed by atoms with van der Waals surface area (Å²) in [4.78, 5) is 0. The second-order valence-corrected chi connectivity index (χ2v) is 6.02. The standard InChI is InChI=1S/C9H24N2O3Si/c1-5-8(4)14-15(9(10)11,12-6-2)13-7-3/h8-9H,5-7,10-11H2,1-4H3.